The smallest absolute Gasteiger partial charge is 0.267 e. The van der Waals surface area contributed by atoms with Gasteiger partial charge in [0.2, 0.25) is 0 Å². The van der Waals surface area contributed by atoms with Crippen molar-refractivity contribution in [3.63, 3.8) is 0 Å². The number of aryl methyl sites for hydroxylation is 1. The van der Waals surface area contributed by atoms with Crippen molar-refractivity contribution in [1.29, 1.82) is 0 Å². The van der Waals surface area contributed by atoms with Crippen LogP contribution >= 0.6 is 0 Å². The SMILES string of the molecule is CC(=O)[C@@](C)(CC/C=C/c1ccc(-c2cccc(C)c2)cc1)[C@](C)(O)C(F)F. The number of halogens is 2. The number of aliphatic hydroxyl groups is 1. The molecular weight excluding hydrogens is 358 g/mol. The van der Waals surface area contributed by atoms with E-state index in [9.17, 15) is 18.7 Å². The van der Waals surface area contributed by atoms with Crippen molar-refractivity contribution in [3.8, 4) is 11.1 Å². The highest BCUT2D eigenvalue weighted by Crippen LogP contribution is 2.41. The topological polar surface area (TPSA) is 37.3 Å². The summed E-state index contributed by atoms with van der Waals surface area (Å²) in [6, 6.07) is 16.3. The maximum absolute atomic E-state index is 13.2. The number of hydrogen-bond donors (Lipinski definition) is 1. The molecule has 150 valence electrons. The number of alkyl halides is 2. The third-order valence-electron chi connectivity index (χ3n) is 5.70. The molecule has 0 saturated carbocycles. The Labute approximate surface area is 165 Å². The first-order valence-electron chi connectivity index (χ1n) is 9.43. The molecule has 4 heteroatoms. The zero-order valence-electron chi connectivity index (χ0n) is 16.9. The monoisotopic (exact) mass is 386 g/mol. The van der Waals surface area contributed by atoms with Gasteiger partial charge in [0.25, 0.3) is 6.43 Å². The van der Waals surface area contributed by atoms with Gasteiger partial charge in [0.15, 0.2) is 0 Å². The third kappa shape index (κ3) is 4.74. The van der Waals surface area contributed by atoms with E-state index < -0.39 is 23.2 Å². The number of carbonyl (C=O) groups excluding carboxylic acids is 1. The Bertz CT molecular complexity index is 838. The molecule has 28 heavy (non-hydrogen) atoms. The highest BCUT2D eigenvalue weighted by molar-refractivity contribution is 5.83. The Morgan fingerprint density at radius 3 is 2.29 bits per heavy atom. The van der Waals surface area contributed by atoms with Gasteiger partial charge in [-0.3, -0.25) is 4.79 Å². The molecule has 2 atom stereocenters. The maximum atomic E-state index is 13.2. The molecule has 0 heterocycles. The molecule has 0 radical (unpaired) electrons. The van der Waals surface area contributed by atoms with Crippen molar-refractivity contribution >= 4 is 11.9 Å². The second-order valence-electron chi connectivity index (χ2n) is 7.77. The first-order valence-corrected chi connectivity index (χ1v) is 9.43. The van der Waals surface area contributed by atoms with Crippen LogP contribution in [0.5, 0.6) is 0 Å². The fourth-order valence-corrected chi connectivity index (χ4v) is 3.23. The summed E-state index contributed by atoms with van der Waals surface area (Å²) < 4.78 is 26.4. The summed E-state index contributed by atoms with van der Waals surface area (Å²) in [6.07, 6.45) is 1.33. The van der Waals surface area contributed by atoms with E-state index >= 15 is 0 Å². The molecule has 0 aliphatic carbocycles. The Morgan fingerprint density at radius 2 is 1.75 bits per heavy atom. The maximum Gasteiger partial charge on any atom is 0.267 e. The summed E-state index contributed by atoms with van der Waals surface area (Å²) in [5.74, 6) is -0.436. The first kappa shape index (κ1) is 22.0. The van der Waals surface area contributed by atoms with Crippen LogP contribution in [0.1, 0.15) is 44.7 Å². The lowest BCUT2D eigenvalue weighted by molar-refractivity contribution is -0.173. The summed E-state index contributed by atoms with van der Waals surface area (Å²) >= 11 is 0. The first-order chi connectivity index (χ1) is 13.1. The second kappa shape index (κ2) is 8.78. The van der Waals surface area contributed by atoms with Crippen LogP contribution in [-0.4, -0.2) is 22.9 Å². The molecule has 0 bridgehead atoms. The van der Waals surface area contributed by atoms with Gasteiger partial charge in [0, 0.05) is 0 Å². The number of benzene rings is 2. The number of Topliss-reactive ketones (excluding diaryl/α,β-unsaturated/α-hetero) is 1. The fourth-order valence-electron chi connectivity index (χ4n) is 3.23. The molecule has 2 rings (SSSR count). The molecule has 2 aromatic rings. The van der Waals surface area contributed by atoms with Gasteiger partial charge in [-0.15, -0.1) is 0 Å². The third-order valence-corrected chi connectivity index (χ3v) is 5.70. The lowest BCUT2D eigenvalue weighted by Crippen LogP contribution is -2.53. The molecule has 0 aliphatic rings. The molecule has 0 amide bonds. The minimum Gasteiger partial charge on any atom is -0.383 e. The summed E-state index contributed by atoms with van der Waals surface area (Å²) in [4.78, 5) is 12.0. The number of hydrogen-bond acceptors (Lipinski definition) is 2. The molecular formula is C24H28F2O2. The predicted molar refractivity (Wildman–Crippen MR) is 110 cm³/mol. The fraction of sp³-hybridized carbons (Fsp3) is 0.375. The molecule has 0 fully saturated rings. The normalized spacial score (nSPS) is 16.1. The van der Waals surface area contributed by atoms with E-state index in [-0.39, 0.29) is 6.42 Å². The Hall–Kier alpha value is -2.33. The predicted octanol–water partition coefficient (Wildman–Crippen LogP) is 6.07. The van der Waals surface area contributed by atoms with Crippen molar-refractivity contribution in [2.24, 2.45) is 5.41 Å². The van der Waals surface area contributed by atoms with Crippen LogP contribution in [0.2, 0.25) is 0 Å². The van der Waals surface area contributed by atoms with Gasteiger partial charge in [-0.05, 0) is 57.2 Å². The van der Waals surface area contributed by atoms with Gasteiger partial charge in [-0.1, -0.05) is 66.2 Å². The van der Waals surface area contributed by atoms with E-state index in [2.05, 4.69) is 25.1 Å². The van der Waals surface area contributed by atoms with Crippen molar-refractivity contribution in [1.82, 2.24) is 0 Å². The molecule has 2 aromatic carbocycles. The van der Waals surface area contributed by atoms with E-state index in [1.54, 1.807) is 0 Å². The van der Waals surface area contributed by atoms with E-state index in [0.717, 1.165) is 23.6 Å². The Balaban J connectivity index is 2.05. The number of allylic oxidation sites excluding steroid dienone is 1. The molecule has 1 N–H and O–H groups in total. The highest BCUT2D eigenvalue weighted by atomic mass is 19.3. The largest absolute Gasteiger partial charge is 0.383 e. The van der Waals surface area contributed by atoms with Crippen molar-refractivity contribution in [2.75, 3.05) is 0 Å². The van der Waals surface area contributed by atoms with Crippen LogP contribution in [0.4, 0.5) is 8.78 Å². The van der Waals surface area contributed by atoms with Gasteiger partial charge in [-0.2, -0.15) is 0 Å². The van der Waals surface area contributed by atoms with E-state index in [0.29, 0.717) is 6.42 Å². The molecule has 0 aromatic heterocycles. The number of rotatable bonds is 8. The van der Waals surface area contributed by atoms with Crippen LogP contribution in [0.3, 0.4) is 0 Å². The summed E-state index contributed by atoms with van der Waals surface area (Å²) in [5.41, 5.74) is 0.610. The minimum absolute atomic E-state index is 0.150. The lowest BCUT2D eigenvalue weighted by Gasteiger charge is -2.40. The second-order valence-corrected chi connectivity index (χ2v) is 7.77. The standard InChI is InChI=1S/C24H28F2O2/c1-17-8-7-10-21(16-17)20-13-11-19(12-14-20)9-5-6-15-23(3,18(2)27)24(4,28)22(25)26/h5,7-14,16,22,28H,6,15H2,1-4H3/b9-5+/t23-,24-/m1/s1. The van der Waals surface area contributed by atoms with Crippen LogP contribution < -0.4 is 0 Å². The average molecular weight is 386 g/mol. The van der Waals surface area contributed by atoms with Gasteiger partial charge in [0.1, 0.15) is 11.4 Å². The Morgan fingerprint density at radius 1 is 1.11 bits per heavy atom. The van der Waals surface area contributed by atoms with E-state index in [4.69, 9.17) is 0 Å². The van der Waals surface area contributed by atoms with Gasteiger partial charge < -0.3 is 5.11 Å². The van der Waals surface area contributed by atoms with Crippen LogP contribution in [-0.2, 0) is 4.79 Å². The molecule has 0 unspecified atom stereocenters. The molecule has 0 aliphatic heterocycles. The molecule has 0 saturated heterocycles. The lowest BCUT2D eigenvalue weighted by atomic mass is 9.68. The summed E-state index contributed by atoms with van der Waals surface area (Å²) in [6.45, 7) is 5.75. The quantitative estimate of drug-likeness (QED) is 0.598. The minimum atomic E-state index is -2.99. The summed E-state index contributed by atoms with van der Waals surface area (Å²) in [5, 5.41) is 10.2. The molecule has 0 spiro atoms. The van der Waals surface area contributed by atoms with Crippen LogP contribution in [0.15, 0.2) is 54.6 Å². The van der Waals surface area contributed by atoms with Crippen molar-refractivity contribution < 1.29 is 18.7 Å². The molecule has 2 nitrogen and oxygen atoms in total. The highest BCUT2D eigenvalue weighted by Gasteiger charge is 2.52. The van der Waals surface area contributed by atoms with Gasteiger partial charge in [0.05, 0.1) is 5.41 Å². The van der Waals surface area contributed by atoms with E-state index in [1.807, 2.05) is 42.5 Å². The average Bonchev–Trinajstić information content (AvgIpc) is 2.65. The van der Waals surface area contributed by atoms with Gasteiger partial charge >= 0.3 is 0 Å². The van der Waals surface area contributed by atoms with Gasteiger partial charge in [-0.25, -0.2) is 8.78 Å². The van der Waals surface area contributed by atoms with E-state index in [1.165, 1.54) is 19.4 Å². The van der Waals surface area contributed by atoms with Crippen LogP contribution in [0, 0.1) is 12.3 Å². The van der Waals surface area contributed by atoms with Crippen molar-refractivity contribution in [2.45, 2.75) is 52.6 Å². The van der Waals surface area contributed by atoms with Crippen molar-refractivity contribution in [3.05, 3.63) is 65.7 Å². The Kier molecular flexibility index (Phi) is 6.89. The number of carbonyl (C=O) groups is 1. The zero-order chi connectivity index (χ0) is 20.9. The number of ketones is 1. The summed E-state index contributed by atoms with van der Waals surface area (Å²) in [7, 11) is 0. The zero-order valence-corrected chi connectivity index (χ0v) is 16.9. The van der Waals surface area contributed by atoms with Crippen LogP contribution in [0.25, 0.3) is 17.2 Å².